The van der Waals surface area contributed by atoms with Crippen LogP contribution >= 0.6 is 38.5 Å². The van der Waals surface area contributed by atoms with Gasteiger partial charge in [0.15, 0.2) is 0 Å². The number of halogens is 2. The zero-order valence-electron chi connectivity index (χ0n) is 13.0. The average Bonchev–Trinajstić information content (AvgIpc) is 2.99. The minimum atomic E-state index is -0.124. The Labute approximate surface area is 162 Å². The quantitative estimate of drug-likeness (QED) is 0.525. The Balaban J connectivity index is 1.79. The van der Waals surface area contributed by atoms with Gasteiger partial charge in [-0.25, -0.2) is 4.68 Å². The van der Waals surface area contributed by atoms with E-state index in [1.165, 1.54) is 0 Å². The van der Waals surface area contributed by atoms with Crippen molar-refractivity contribution in [2.24, 2.45) is 0 Å². The van der Waals surface area contributed by atoms with Crippen molar-refractivity contribution in [2.75, 3.05) is 5.32 Å². The van der Waals surface area contributed by atoms with Gasteiger partial charge in [-0.3, -0.25) is 4.79 Å². The fourth-order valence-electron chi connectivity index (χ4n) is 2.33. The second-order valence-electron chi connectivity index (χ2n) is 5.39. The molecule has 122 valence electrons. The summed E-state index contributed by atoms with van der Waals surface area (Å²) in [6, 6.07) is 15.6. The van der Waals surface area contributed by atoms with E-state index in [-0.39, 0.29) is 5.91 Å². The molecule has 0 saturated carbocycles. The Morgan fingerprint density at radius 2 is 1.96 bits per heavy atom. The molecule has 0 aliphatic heterocycles. The maximum atomic E-state index is 12.6. The molecule has 0 radical (unpaired) electrons. The van der Waals surface area contributed by atoms with Crippen LogP contribution in [0, 0.1) is 10.5 Å². The molecule has 1 aromatic heterocycles. The number of carbonyl (C=O) groups is 1. The molecule has 1 amide bonds. The molecule has 4 nitrogen and oxygen atoms in total. The van der Waals surface area contributed by atoms with Crippen molar-refractivity contribution in [3.05, 3.63) is 79.5 Å². The van der Waals surface area contributed by atoms with Crippen molar-refractivity contribution in [3.8, 4) is 0 Å². The van der Waals surface area contributed by atoms with E-state index in [1.54, 1.807) is 16.9 Å². The lowest BCUT2D eigenvalue weighted by atomic mass is 10.1. The van der Waals surface area contributed by atoms with Crippen LogP contribution in [-0.2, 0) is 6.54 Å². The molecule has 0 saturated heterocycles. The summed E-state index contributed by atoms with van der Waals surface area (Å²) in [7, 11) is 0. The maximum absolute atomic E-state index is 12.6. The second kappa shape index (κ2) is 7.48. The van der Waals surface area contributed by atoms with Crippen molar-refractivity contribution in [1.29, 1.82) is 0 Å². The smallest absolute Gasteiger partial charge is 0.257 e. The van der Waals surface area contributed by atoms with Gasteiger partial charge < -0.3 is 5.32 Å². The highest BCUT2D eigenvalue weighted by atomic mass is 127. The summed E-state index contributed by atoms with van der Waals surface area (Å²) in [5.74, 6) is 0.556. The van der Waals surface area contributed by atoms with Gasteiger partial charge in [0, 0.05) is 14.1 Å². The zero-order chi connectivity index (χ0) is 17.1. The molecular weight excluding hydrogens is 481 g/mol. The standard InChI is InChI=1S/C18H15BrIN3O/c1-12-3-2-4-15(17(12)20)18(24)22-16-9-10-21-23(16)11-13-5-7-14(19)8-6-13/h2-10H,11H2,1H3,(H,22,24). The summed E-state index contributed by atoms with van der Waals surface area (Å²) >= 11 is 5.63. The van der Waals surface area contributed by atoms with Crippen LogP contribution in [-0.4, -0.2) is 15.7 Å². The van der Waals surface area contributed by atoms with E-state index in [0.717, 1.165) is 19.2 Å². The zero-order valence-corrected chi connectivity index (χ0v) is 16.7. The average molecular weight is 496 g/mol. The number of anilines is 1. The van der Waals surface area contributed by atoms with Crippen LogP contribution in [0.3, 0.4) is 0 Å². The molecule has 3 rings (SSSR count). The van der Waals surface area contributed by atoms with E-state index in [1.807, 2.05) is 49.4 Å². The first-order chi connectivity index (χ1) is 11.5. The van der Waals surface area contributed by atoms with Crippen LogP contribution < -0.4 is 5.32 Å². The van der Waals surface area contributed by atoms with Crippen molar-refractivity contribution in [1.82, 2.24) is 9.78 Å². The van der Waals surface area contributed by atoms with E-state index < -0.39 is 0 Å². The van der Waals surface area contributed by atoms with Gasteiger partial charge in [0.05, 0.1) is 18.3 Å². The molecular formula is C18H15BrIN3O. The molecule has 0 unspecified atom stereocenters. The van der Waals surface area contributed by atoms with E-state index in [0.29, 0.717) is 17.9 Å². The molecule has 24 heavy (non-hydrogen) atoms. The van der Waals surface area contributed by atoms with Crippen molar-refractivity contribution in [2.45, 2.75) is 13.5 Å². The summed E-state index contributed by atoms with van der Waals surface area (Å²) in [5, 5.41) is 7.26. The fourth-order valence-corrected chi connectivity index (χ4v) is 3.20. The van der Waals surface area contributed by atoms with Gasteiger partial charge in [0.1, 0.15) is 5.82 Å². The summed E-state index contributed by atoms with van der Waals surface area (Å²) < 4.78 is 3.78. The first kappa shape index (κ1) is 17.2. The Morgan fingerprint density at radius 1 is 1.21 bits per heavy atom. The summed E-state index contributed by atoms with van der Waals surface area (Å²) in [4.78, 5) is 12.6. The van der Waals surface area contributed by atoms with Crippen molar-refractivity contribution in [3.63, 3.8) is 0 Å². The van der Waals surface area contributed by atoms with Crippen LogP contribution in [0.15, 0.2) is 59.2 Å². The van der Waals surface area contributed by atoms with Gasteiger partial charge in [-0.15, -0.1) is 0 Å². The monoisotopic (exact) mass is 495 g/mol. The third kappa shape index (κ3) is 3.87. The number of hydrogen-bond donors (Lipinski definition) is 1. The third-order valence-electron chi connectivity index (χ3n) is 3.64. The van der Waals surface area contributed by atoms with E-state index in [4.69, 9.17) is 0 Å². The van der Waals surface area contributed by atoms with E-state index in [9.17, 15) is 4.79 Å². The Kier molecular flexibility index (Phi) is 5.35. The lowest BCUT2D eigenvalue weighted by molar-refractivity contribution is 0.102. The minimum absolute atomic E-state index is 0.124. The highest BCUT2D eigenvalue weighted by molar-refractivity contribution is 14.1. The number of benzene rings is 2. The normalized spacial score (nSPS) is 10.6. The molecule has 0 aliphatic carbocycles. The van der Waals surface area contributed by atoms with Crippen LogP contribution in [0.2, 0.25) is 0 Å². The van der Waals surface area contributed by atoms with Gasteiger partial charge in [0.25, 0.3) is 5.91 Å². The van der Waals surface area contributed by atoms with Crippen LogP contribution in [0.4, 0.5) is 5.82 Å². The minimum Gasteiger partial charge on any atom is -0.307 e. The summed E-state index contributed by atoms with van der Waals surface area (Å²) in [6.07, 6.45) is 1.69. The van der Waals surface area contributed by atoms with Gasteiger partial charge in [0.2, 0.25) is 0 Å². The Hall–Kier alpha value is -1.67. The highest BCUT2D eigenvalue weighted by Gasteiger charge is 2.13. The van der Waals surface area contributed by atoms with Crippen LogP contribution in [0.5, 0.6) is 0 Å². The summed E-state index contributed by atoms with van der Waals surface area (Å²) in [5.41, 5.74) is 2.88. The van der Waals surface area contributed by atoms with E-state index in [2.05, 4.69) is 48.9 Å². The number of amides is 1. The van der Waals surface area contributed by atoms with Gasteiger partial charge in [-0.2, -0.15) is 5.10 Å². The first-order valence-electron chi connectivity index (χ1n) is 7.37. The largest absolute Gasteiger partial charge is 0.307 e. The molecule has 1 N–H and O–H groups in total. The number of nitrogens with one attached hydrogen (secondary N) is 1. The Bertz CT molecular complexity index is 874. The number of aromatic nitrogens is 2. The van der Waals surface area contributed by atoms with Gasteiger partial charge in [-0.1, -0.05) is 40.2 Å². The van der Waals surface area contributed by atoms with Gasteiger partial charge in [-0.05, 0) is 58.8 Å². The molecule has 0 atom stereocenters. The number of nitrogens with zero attached hydrogens (tertiary/aromatic N) is 2. The maximum Gasteiger partial charge on any atom is 0.257 e. The highest BCUT2D eigenvalue weighted by Crippen LogP contribution is 2.19. The number of hydrogen-bond acceptors (Lipinski definition) is 2. The third-order valence-corrected chi connectivity index (χ3v) is 5.60. The SMILES string of the molecule is Cc1cccc(C(=O)Nc2ccnn2Cc2ccc(Br)cc2)c1I. The second-order valence-corrected chi connectivity index (χ2v) is 7.39. The first-order valence-corrected chi connectivity index (χ1v) is 9.24. The topological polar surface area (TPSA) is 46.9 Å². The van der Waals surface area contributed by atoms with Crippen LogP contribution in [0.25, 0.3) is 0 Å². The van der Waals surface area contributed by atoms with Gasteiger partial charge >= 0.3 is 0 Å². The Morgan fingerprint density at radius 3 is 2.71 bits per heavy atom. The van der Waals surface area contributed by atoms with Crippen molar-refractivity contribution < 1.29 is 4.79 Å². The van der Waals surface area contributed by atoms with Crippen LogP contribution in [0.1, 0.15) is 21.5 Å². The molecule has 6 heteroatoms. The number of aryl methyl sites for hydroxylation is 1. The lowest BCUT2D eigenvalue weighted by Gasteiger charge is -2.11. The molecule has 1 heterocycles. The fraction of sp³-hybridized carbons (Fsp3) is 0.111. The number of carbonyl (C=O) groups excluding carboxylic acids is 1. The molecule has 0 spiro atoms. The molecule has 3 aromatic rings. The summed E-state index contributed by atoms with van der Waals surface area (Å²) in [6.45, 7) is 2.59. The lowest BCUT2D eigenvalue weighted by Crippen LogP contribution is -2.17. The van der Waals surface area contributed by atoms with E-state index >= 15 is 0 Å². The van der Waals surface area contributed by atoms with Crippen molar-refractivity contribution >= 4 is 50.2 Å². The molecule has 0 bridgehead atoms. The predicted octanol–water partition coefficient (Wildman–Crippen LogP) is 4.86. The number of rotatable bonds is 4. The molecule has 2 aromatic carbocycles. The molecule has 0 aliphatic rings. The molecule has 0 fully saturated rings. The predicted molar refractivity (Wildman–Crippen MR) is 107 cm³/mol.